The van der Waals surface area contributed by atoms with Crippen LogP contribution in [0.2, 0.25) is 0 Å². The van der Waals surface area contributed by atoms with E-state index in [1.165, 1.54) is 4.31 Å². The summed E-state index contributed by atoms with van der Waals surface area (Å²) in [6.45, 7) is 6.30. The van der Waals surface area contributed by atoms with Gasteiger partial charge in [-0.1, -0.05) is 6.92 Å². The van der Waals surface area contributed by atoms with Crippen LogP contribution in [-0.4, -0.2) is 37.0 Å². The van der Waals surface area contributed by atoms with Gasteiger partial charge in [0.2, 0.25) is 10.0 Å². The van der Waals surface area contributed by atoms with Crippen LogP contribution in [0.15, 0.2) is 17.0 Å². The number of nitrogen functional groups attached to an aromatic ring is 1. The molecule has 2 rings (SSSR count). The fourth-order valence-corrected chi connectivity index (χ4v) is 4.23. The van der Waals surface area contributed by atoms with Crippen LogP contribution in [0.4, 0.5) is 5.69 Å². The standard InChI is InChI=1S/C14H22N2O3S/c1-9-6-12(15)14(7-10(9)2)20(18,19)16-5-4-13(17)11(3)8-16/h6-7,11,13,17H,4-5,8,15H2,1-3H3. The number of nitrogens with zero attached hydrogens (tertiary/aromatic N) is 1. The molecule has 5 nitrogen and oxygen atoms in total. The number of rotatable bonds is 2. The molecule has 0 aromatic heterocycles. The maximum Gasteiger partial charge on any atom is 0.245 e. The molecular weight excluding hydrogens is 276 g/mol. The molecule has 1 aromatic carbocycles. The van der Waals surface area contributed by atoms with Gasteiger partial charge in [0.05, 0.1) is 11.8 Å². The topological polar surface area (TPSA) is 83.6 Å². The van der Waals surface area contributed by atoms with Gasteiger partial charge in [-0.15, -0.1) is 0 Å². The summed E-state index contributed by atoms with van der Waals surface area (Å²) >= 11 is 0. The second-order valence-corrected chi connectivity index (χ2v) is 7.58. The largest absolute Gasteiger partial charge is 0.398 e. The van der Waals surface area contributed by atoms with Crippen LogP contribution in [0.1, 0.15) is 24.5 Å². The number of hydrogen-bond acceptors (Lipinski definition) is 4. The summed E-state index contributed by atoms with van der Waals surface area (Å²) < 4.78 is 26.8. The fourth-order valence-electron chi connectivity index (χ4n) is 2.49. The van der Waals surface area contributed by atoms with E-state index >= 15 is 0 Å². The van der Waals surface area contributed by atoms with E-state index in [1.54, 1.807) is 12.1 Å². The van der Waals surface area contributed by atoms with Gasteiger partial charge in [-0.2, -0.15) is 4.31 Å². The highest BCUT2D eigenvalue weighted by Gasteiger charge is 2.33. The Balaban J connectivity index is 2.38. The van der Waals surface area contributed by atoms with Crippen molar-refractivity contribution in [2.24, 2.45) is 5.92 Å². The molecule has 0 amide bonds. The summed E-state index contributed by atoms with van der Waals surface area (Å²) in [5, 5.41) is 9.72. The molecule has 0 radical (unpaired) electrons. The molecule has 1 aliphatic rings. The predicted molar refractivity (Wildman–Crippen MR) is 78.9 cm³/mol. The molecule has 0 saturated carbocycles. The van der Waals surface area contributed by atoms with E-state index in [-0.39, 0.29) is 16.5 Å². The monoisotopic (exact) mass is 298 g/mol. The Bertz CT molecular complexity index is 613. The summed E-state index contributed by atoms with van der Waals surface area (Å²) in [5.74, 6) is -0.0636. The van der Waals surface area contributed by atoms with Crippen molar-refractivity contribution in [3.05, 3.63) is 23.3 Å². The number of aryl methyl sites for hydroxylation is 2. The first kappa shape index (κ1) is 15.3. The zero-order valence-corrected chi connectivity index (χ0v) is 12.9. The van der Waals surface area contributed by atoms with Gasteiger partial charge in [0.25, 0.3) is 0 Å². The molecule has 1 heterocycles. The van der Waals surface area contributed by atoms with Crippen LogP contribution >= 0.6 is 0 Å². The van der Waals surface area contributed by atoms with E-state index in [1.807, 2.05) is 20.8 Å². The van der Waals surface area contributed by atoms with E-state index < -0.39 is 16.1 Å². The zero-order chi connectivity index (χ0) is 15.1. The molecule has 1 fully saturated rings. The number of aliphatic hydroxyl groups excluding tert-OH is 1. The molecule has 20 heavy (non-hydrogen) atoms. The second kappa shape index (κ2) is 5.35. The van der Waals surface area contributed by atoms with E-state index in [4.69, 9.17) is 5.73 Å². The first-order valence-corrected chi connectivity index (χ1v) is 8.22. The summed E-state index contributed by atoms with van der Waals surface area (Å²) in [6.07, 6.45) is 0.0315. The number of nitrogens with two attached hydrogens (primary N) is 1. The van der Waals surface area contributed by atoms with Crippen LogP contribution < -0.4 is 5.73 Å². The van der Waals surface area contributed by atoms with Crippen molar-refractivity contribution in [1.29, 1.82) is 0 Å². The molecule has 0 aliphatic carbocycles. The number of hydrogen-bond donors (Lipinski definition) is 2. The molecule has 2 atom stereocenters. The number of sulfonamides is 1. The summed E-state index contributed by atoms with van der Waals surface area (Å²) in [6, 6.07) is 3.33. The van der Waals surface area contributed by atoms with E-state index in [9.17, 15) is 13.5 Å². The average Bonchev–Trinajstić information content (AvgIpc) is 2.36. The number of aliphatic hydroxyl groups is 1. The summed E-state index contributed by atoms with van der Waals surface area (Å²) in [7, 11) is -3.59. The molecule has 112 valence electrons. The summed E-state index contributed by atoms with van der Waals surface area (Å²) in [5.41, 5.74) is 8.06. The van der Waals surface area contributed by atoms with Crippen molar-refractivity contribution >= 4 is 15.7 Å². The van der Waals surface area contributed by atoms with Crippen molar-refractivity contribution in [2.75, 3.05) is 18.8 Å². The lowest BCUT2D eigenvalue weighted by molar-refractivity contribution is 0.0629. The lowest BCUT2D eigenvalue weighted by Gasteiger charge is -2.33. The van der Waals surface area contributed by atoms with Gasteiger partial charge in [0, 0.05) is 13.1 Å². The highest BCUT2D eigenvalue weighted by atomic mass is 32.2. The molecule has 2 unspecified atom stereocenters. The molecule has 3 N–H and O–H groups in total. The van der Waals surface area contributed by atoms with Gasteiger partial charge in [-0.05, 0) is 49.4 Å². The third kappa shape index (κ3) is 2.68. The van der Waals surface area contributed by atoms with Gasteiger partial charge in [0.1, 0.15) is 4.90 Å². The minimum Gasteiger partial charge on any atom is -0.398 e. The molecule has 0 spiro atoms. The van der Waals surface area contributed by atoms with E-state index in [0.29, 0.717) is 19.5 Å². The lowest BCUT2D eigenvalue weighted by atomic mass is 9.99. The highest BCUT2D eigenvalue weighted by Crippen LogP contribution is 2.29. The van der Waals surface area contributed by atoms with E-state index in [2.05, 4.69) is 0 Å². The molecule has 1 aliphatic heterocycles. The van der Waals surface area contributed by atoms with Crippen molar-refractivity contribution in [1.82, 2.24) is 4.31 Å². The third-order valence-corrected chi connectivity index (χ3v) is 5.99. The first-order valence-electron chi connectivity index (χ1n) is 6.78. The molecular formula is C14H22N2O3S. The molecule has 1 saturated heterocycles. The summed E-state index contributed by atoms with van der Waals surface area (Å²) in [4.78, 5) is 0.171. The molecule has 1 aromatic rings. The predicted octanol–water partition coefficient (Wildman–Crippen LogP) is 1.28. The quantitative estimate of drug-likeness (QED) is 0.806. The maximum atomic E-state index is 12.7. The molecule has 0 bridgehead atoms. The fraction of sp³-hybridized carbons (Fsp3) is 0.571. The maximum absolute atomic E-state index is 12.7. The van der Waals surface area contributed by atoms with Crippen LogP contribution in [0, 0.1) is 19.8 Å². The van der Waals surface area contributed by atoms with Crippen LogP contribution in [0.5, 0.6) is 0 Å². The second-order valence-electron chi connectivity index (χ2n) is 5.67. The van der Waals surface area contributed by atoms with Crippen molar-refractivity contribution < 1.29 is 13.5 Å². The van der Waals surface area contributed by atoms with Gasteiger partial charge in [-0.25, -0.2) is 8.42 Å². The van der Waals surface area contributed by atoms with Crippen molar-refractivity contribution in [3.63, 3.8) is 0 Å². The first-order chi connectivity index (χ1) is 9.23. The van der Waals surface area contributed by atoms with Crippen LogP contribution in [0.25, 0.3) is 0 Å². The van der Waals surface area contributed by atoms with Gasteiger partial charge >= 0.3 is 0 Å². The van der Waals surface area contributed by atoms with Gasteiger partial charge in [-0.3, -0.25) is 0 Å². The lowest BCUT2D eigenvalue weighted by Crippen LogP contribution is -2.45. The van der Waals surface area contributed by atoms with Crippen LogP contribution in [-0.2, 0) is 10.0 Å². The Morgan fingerprint density at radius 3 is 2.50 bits per heavy atom. The van der Waals surface area contributed by atoms with Crippen molar-refractivity contribution in [3.8, 4) is 0 Å². The Hall–Kier alpha value is -1.11. The Morgan fingerprint density at radius 1 is 1.30 bits per heavy atom. The third-order valence-electron chi connectivity index (χ3n) is 4.07. The average molecular weight is 298 g/mol. The SMILES string of the molecule is Cc1cc(N)c(S(=O)(=O)N2CCC(O)C(C)C2)cc1C. The minimum atomic E-state index is -3.59. The highest BCUT2D eigenvalue weighted by molar-refractivity contribution is 7.89. The zero-order valence-electron chi connectivity index (χ0n) is 12.1. The number of piperidine rings is 1. The van der Waals surface area contributed by atoms with Gasteiger partial charge in [0.15, 0.2) is 0 Å². The van der Waals surface area contributed by atoms with Crippen molar-refractivity contribution in [2.45, 2.75) is 38.2 Å². The van der Waals surface area contributed by atoms with Crippen LogP contribution in [0.3, 0.4) is 0 Å². The van der Waals surface area contributed by atoms with Gasteiger partial charge < -0.3 is 10.8 Å². The van der Waals surface area contributed by atoms with E-state index in [0.717, 1.165) is 11.1 Å². The number of anilines is 1. The Morgan fingerprint density at radius 2 is 1.90 bits per heavy atom. The number of benzene rings is 1. The Labute approximate surface area is 120 Å². The minimum absolute atomic E-state index is 0.0636. The Kier molecular flexibility index (Phi) is 4.09. The smallest absolute Gasteiger partial charge is 0.245 e. The normalized spacial score (nSPS) is 24.8. The molecule has 6 heteroatoms.